The van der Waals surface area contributed by atoms with E-state index < -0.39 is 18.0 Å². The first kappa shape index (κ1) is 19.7. The van der Waals surface area contributed by atoms with E-state index in [4.69, 9.17) is 9.47 Å². The van der Waals surface area contributed by atoms with Crippen molar-refractivity contribution in [2.24, 2.45) is 5.92 Å². The van der Waals surface area contributed by atoms with Crippen molar-refractivity contribution in [1.29, 1.82) is 0 Å². The lowest BCUT2D eigenvalue weighted by atomic mass is 10.1. The zero-order chi connectivity index (χ0) is 19.4. The first-order valence-corrected chi connectivity index (χ1v) is 10.2. The van der Waals surface area contributed by atoms with Crippen molar-refractivity contribution in [2.75, 3.05) is 44.0 Å². The third-order valence-electron chi connectivity index (χ3n) is 4.79. The summed E-state index contributed by atoms with van der Waals surface area (Å²) in [6.45, 7) is 3.84. The Morgan fingerprint density at radius 2 is 2.04 bits per heavy atom. The molecule has 2 atom stereocenters. The summed E-state index contributed by atoms with van der Waals surface area (Å²) in [5.41, 5.74) is 0.777. The van der Waals surface area contributed by atoms with Crippen LogP contribution < -0.4 is 4.90 Å². The molecular weight excluding hydrogens is 368 g/mol. The monoisotopic (exact) mass is 392 g/mol. The van der Waals surface area contributed by atoms with Gasteiger partial charge in [0.2, 0.25) is 5.91 Å². The maximum absolute atomic E-state index is 12.5. The molecule has 1 aromatic rings. The second kappa shape index (κ2) is 8.75. The molecule has 2 aliphatic rings. The van der Waals surface area contributed by atoms with Gasteiger partial charge in [-0.25, -0.2) is 0 Å². The third kappa shape index (κ3) is 4.62. The Hall–Kier alpha value is -2.06. The number of rotatable bonds is 5. The summed E-state index contributed by atoms with van der Waals surface area (Å²) >= 11 is 1.59. The maximum Gasteiger partial charge on any atom is 0.312 e. The lowest BCUT2D eigenvalue weighted by Gasteiger charge is -2.29. The molecule has 0 N–H and O–H groups in total. The number of amides is 2. The molecule has 0 aliphatic carbocycles. The van der Waals surface area contributed by atoms with E-state index in [0.717, 1.165) is 10.6 Å². The van der Waals surface area contributed by atoms with Crippen LogP contribution in [0.5, 0.6) is 0 Å². The predicted molar refractivity (Wildman–Crippen MR) is 102 cm³/mol. The molecule has 27 heavy (non-hydrogen) atoms. The summed E-state index contributed by atoms with van der Waals surface area (Å²) in [4.78, 5) is 41.6. The van der Waals surface area contributed by atoms with Gasteiger partial charge < -0.3 is 19.3 Å². The van der Waals surface area contributed by atoms with E-state index in [-0.39, 0.29) is 24.8 Å². The first-order valence-electron chi connectivity index (χ1n) is 9.01. The molecule has 0 spiro atoms. The number of benzene rings is 1. The van der Waals surface area contributed by atoms with Gasteiger partial charge in [-0.2, -0.15) is 0 Å². The highest BCUT2D eigenvalue weighted by atomic mass is 32.2. The van der Waals surface area contributed by atoms with Crippen molar-refractivity contribution in [2.45, 2.75) is 24.3 Å². The number of esters is 1. The molecule has 146 valence electrons. The first-order chi connectivity index (χ1) is 13.0. The quantitative estimate of drug-likeness (QED) is 0.559. The number of anilines is 1. The third-order valence-corrected chi connectivity index (χ3v) is 5.51. The van der Waals surface area contributed by atoms with Gasteiger partial charge >= 0.3 is 5.97 Å². The van der Waals surface area contributed by atoms with Crippen LogP contribution in [0.2, 0.25) is 0 Å². The fourth-order valence-electron chi connectivity index (χ4n) is 3.26. The Bertz CT molecular complexity index is 720. The minimum absolute atomic E-state index is 0.0980. The lowest BCUT2D eigenvalue weighted by Crippen LogP contribution is -2.46. The van der Waals surface area contributed by atoms with Crippen LogP contribution >= 0.6 is 11.8 Å². The van der Waals surface area contributed by atoms with Gasteiger partial charge in [0, 0.05) is 36.6 Å². The van der Waals surface area contributed by atoms with Crippen LogP contribution in [0, 0.1) is 5.92 Å². The van der Waals surface area contributed by atoms with Crippen molar-refractivity contribution < 1.29 is 23.9 Å². The van der Waals surface area contributed by atoms with Crippen LogP contribution in [0.4, 0.5) is 5.69 Å². The molecular formula is C19H24N2O5S. The van der Waals surface area contributed by atoms with Crippen LogP contribution in [0.1, 0.15) is 13.3 Å². The van der Waals surface area contributed by atoms with Crippen molar-refractivity contribution in [1.82, 2.24) is 4.90 Å². The molecule has 0 bridgehead atoms. The molecule has 8 heteroatoms. The van der Waals surface area contributed by atoms with Crippen molar-refractivity contribution in [3.8, 4) is 0 Å². The summed E-state index contributed by atoms with van der Waals surface area (Å²) in [6, 6.07) is 7.65. The molecule has 0 unspecified atom stereocenters. The van der Waals surface area contributed by atoms with Crippen LogP contribution in [-0.4, -0.2) is 67.9 Å². The zero-order valence-electron chi connectivity index (χ0n) is 15.6. The molecule has 1 aromatic carbocycles. The SMILES string of the molecule is CSc1cccc(N2C[C@H](C(=O)O[C@H](C)C(=O)N3CCOCC3)CC2=O)c1. The predicted octanol–water partition coefficient (Wildman–Crippen LogP) is 1.55. The Kier molecular flexibility index (Phi) is 6.38. The Balaban J connectivity index is 1.59. The van der Waals surface area contributed by atoms with Gasteiger partial charge in [-0.05, 0) is 31.4 Å². The van der Waals surface area contributed by atoms with Gasteiger partial charge in [0.1, 0.15) is 0 Å². The molecule has 2 aliphatic heterocycles. The summed E-state index contributed by atoms with van der Waals surface area (Å²) < 4.78 is 10.6. The van der Waals surface area contributed by atoms with Gasteiger partial charge in [-0.1, -0.05) is 6.07 Å². The highest BCUT2D eigenvalue weighted by Crippen LogP contribution is 2.29. The smallest absolute Gasteiger partial charge is 0.312 e. The van der Waals surface area contributed by atoms with E-state index in [0.29, 0.717) is 26.3 Å². The molecule has 7 nitrogen and oxygen atoms in total. The number of carbonyl (C=O) groups is 3. The van der Waals surface area contributed by atoms with E-state index >= 15 is 0 Å². The van der Waals surface area contributed by atoms with Crippen LogP contribution in [0.25, 0.3) is 0 Å². The van der Waals surface area contributed by atoms with E-state index in [1.165, 1.54) is 0 Å². The second-order valence-electron chi connectivity index (χ2n) is 6.62. The average molecular weight is 392 g/mol. The zero-order valence-corrected chi connectivity index (χ0v) is 16.4. The molecule has 0 saturated carbocycles. The number of hydrogen-bond donors (Lipinski definition) is 0. The molecule has 2 amide bonds. The minimum atomic E-state index is -0.862. The topological polar surface area (TPSA) is 76.2 Å². The van der Waals surface area contributed by atoms with Crippen LogP contribution in [0.3, 0.4) is 0 Å². The Labute approximate surface area is 163 Å². The summed E-state index contributed by atoms with van der Waals surface area (Å²) in [5.74, 6) is -1.39. The fourth-order valence-corrected chi connectivity index (χ4v) is 3.71. The summed E-state index contributed by atoms with van der Waals surface area (Å²) in [6.07, 6.45) is 1.21. The number of hydrogen-bond acceptors (Lipinski definition) is 6. The lowest BCUT2D eigenvalue weighted by molar-refractivity contribution is -0.163. The molecule has 0 aromatic heterocycles. The molecule has 3 rings (SSSR count). The Morgan fingerprint density at radius 1 is 1.30 bits per heavy atom. The number of thioether (sulfide) groups is 1. The molecule has 2 fully saturated rings. The normalized spacial score (nSPS) is 21.3. The Morgan fingerprint density at radius 3 is 2.74 bits per heavy atom. The summed E-state index contributed by atoms with van der Waals surface area (Å²) in [5, 5.41) is 0. The highest BCUT2D eigenvalue weighted by molar-refractivity contribution is 7.98. The van der Waals surface area contributed by atoms with Gasteiger partial charge in [0.15, 0.2) is 6.10 Å². The standard InChI is InChI=1S/C19H24N2O5S/c1-13(18(23)20-6-8-25-9-7-20)26-19(24)14-10-17(22)21(12-14)15-4-3-5-16(11-15)27-2/h3-5,11,13-14H,6-10,12H2,1-2H3/t13-,14-/m1/s1. The number of carbonyl (C=O) groups excluding carboxylic acids is 3. The maximum atomic E-state index is 12.5. The fraction of sp³-hybridized carbons (Fsp3) is 0.526. The van der Waals surface area contributed by atoms with Gasteiger partial charge in [-0.3, -0.25) is 14.4 Å². The number of ether oxygens (including phenoxy) is 2. The largest absolute Gasteiger partial charge is 0.452 e. The van der Waals surface area contributed by atoms with Crippen LogP contribution in [-0.2, 0) is 23.9 Å². The van der Waals surface area contributed by atoms with E-state index in [1.807, 2.05) is 30.5 Å². The van der Waals surface area contributed by atoms with Crippen molar-refractivity contribution in [3.63, 3.8) is 0 Å². The van der Waals surface area contributed by atoms with Crippen LogP contribution in [0.15, 0.2) is 29.2 Å². The number of nitrogens with zero attached hydrogens (tertiary/aromatic N) is 2. The molecule has 2 heterocycles. The van der Waals surface area contributed by atoms with E-state index in [2.05, 4.69) is 0 Å². The van der Waals surface area contributed by atoms with Crippen molar-refractivity contribution >= 4 is 35.2 Å². The van der Waals surface area contributed by atoms with E-state index in [1.54, 1.807) is 28.5 Å². The van der Waals surface area contributed by atoms with Gasteiger partial charge in [-0.15, -0.1) is 11.8 Å². The highest BCUT2D eigenvalue weighted by Gasteiger charge is 2.38. The molecule has 0 radical (unpaired) electrons. The minimum Gasteiger partial charge on any atom is -0.452 e. The second-order valence-corrected chi connectivity index (χ2v) is 7.50. The summed E-state index contributed by atoms with van der Waals surface area (Å²) in [7, 11) is 0. The van der Waals surface area contributed by atoms with E-state index in [9.17, 15) is 14.4 Å². The van der Waals surface area contributed by atoms with Gasteiger partial charge in [0.05, 0.1) is 19.1 Å². The van der Waals surface area contributed by atoms with Gasteiger partial charge in [0.25, 0.3) is 5.91 Å². The average Bonchev–Trinajstić information content (AvgIpc) is 3.10. The number of morpholine rings is 1. The molecule has 2 saturated heterocycles. The van der Waals surface area contributed by atoms with Crippen molar-refractivity contribution in [3.05, 3.63) is 24.3 Å².